The van der Waals surface area contributed by atoms with Gasteiger partial charge in [-0.3, -0.25) is 4.79 Å². The third-order valence-electron chi connectivity index (χ3n) is 5.06. The van der Waals surface area contributed by atoms with Crippen LogP contribution in [0.1, 0.15) is 41.5 Å². The van der Waals surface area contributed by atoms with E-state index in [1.54, 1.807) is 6.26 Å². The van der Waals surface area contributed by atoms with Gasteiger partial charge in [0.25, 0.3) is 0 Å². The lowest BCUT2D eigenvalue weighted by atomic mass is 10.1. The lowest BCUT2D eigenvalue weighted by Crippen LogP contribution is -2.33. The van der Waals surface area contributed by atoms with Crippen LogP contribution in [0.2, 0.25) is 0 Å². The van der Waals surface area contributed by atoms with Crippen molar-refractivity contribution in [1.29, 1.82) is 0 Å². The van der Waals surface area contributed by atoms with Gasteiger partial charge in [-0.05, 0) is 38.3 Å². The van der Waals surface area contributed by atoms with Crippen molar-refractivity contribution < 1.29 is 9.21 Å². The second kappa shape index (κ2) is 6.06. The fraction of sp³-hybridized carbons (Fsp3) is 0.400. The number of rotatable bonds is 3. The topological polar surface area (TPSA) is 51.3 Å². The highest BCUT2D eigenvalue weighted by molar-refractivity contribution is 5.88. The fourth-order valence-corrected chi connectivity index (χ4v) is 3.87. The molecule has 1 saturated heterocycles. The lowest BCUT2D eigenvalue weighted by Gasteiger charge is -2.24. The normalized spacial score (nSPS) is 17.6. The summed E-state index contributed by atoms with van der Waals surface area (Å²) in [6.45, 7) is 4.82. The standard InChI is InChI=1S/C20H23N3O2/c1-13-6-7-16-15(12-25-18(16)9-13)10-19(24)23-8-4-5-17(23)20-21-14(2)11-22(20)3/h6-7,9,11-12,17H,4-5,8,10H2,1-3H3. The van der Waals surface area contributed by atoms with Crippen LogP contribution in [0.4, 0.5) is 0 Å². The van der Waals surface area contributed by atoms with Crippen molar-refractivity contribution in [3.8, 4) is 0 Å². The number of likely N-dealkylation sites (tertiary alicyclic amines) is 1. The minimum absolute atomic E-state index is 0.0756. The fourth-order valence-electron chi connectivity index (χ4n) is 3.87. The number of aromatic nitrogens is 2. The van der Waals surface area contributed by atoms with E-state index in [4.69, 9.17) is 4.42 Å². The average Bonchev–Trinajstić information content (AvgIpc) is 3.26. The zero-order valence-corrected chi connectivity index (χ0v) is 15.0. The van der Waals surface area contributed by atoms with Crippen LogP contribution in [-0.4, -0.2) is 26.9 Å². The molecule has 25 heavy (non-hydrogen) atoms. The van der Waals surface area contributed by atoms with Gasteiger partial charge in [0.15, 0.2) is 0 Å². The molecule has 3 aromatic rings. The van der Waals surface area contributed by atoms with Gasteiger partial charge in [-0.15, -0.1) is 0 Å². The number of benzene rings is 1. The molecule has 1 unspecified atom stereocenters. The molecule has 0 N–H and O–H groups in total. The third kappa shape index (κ3) is 2.84. The summed E-state index contributed by atoms with van der Waals surface area (Å²) in [4.78, 5) is 19.6. The SMILES string of the molecule is Cc1ccc2c(CC(=O)N3CCCC3c3nc(C)cn3C)coc2c1. The first-order chi connectivity index (χ1) is 12.0. The predicted octanol–water partition coefficient (Wildman–Crippen LogP) is 3.69. The minimum Gasteiger partial charge on any atom is -0.464 e. The molecule has 130 valence electrons. The van der Waals surface area contributed by atoms with Gasteiger partial charge < -0.3 is 13.9 Å². The van der Waals surface area contributed by atoms with E-state index in [-0.39, 0.29) is 11.9 Å². The first-order valence-electron chi connectivity index (χ1n) is 8.79. The molecule has 5 nitrogen and oxygen atoms in total. The number of furan rings is 1. The van der Waals surface area contributed by atoms with Crippen molar-refractivity contribution >= 4 is 16.9 Å². The molecule has 0 spiro atoms. The number of hydrogen-bond donors (Lipinski definition) is 0. The average molecular weight is 337 g/mol. The van der Waals surface area contributed by atoms with Crippen molar-refractivity contribution in [3.05, 3.63) is 53.3 Å². The van der Waals surface area contributed by atoms with Gasteiger partial charge in [0, 0.05) is 30.7 Å². The second-order valence-corrected chi connectivity index (χ2v) is 7.03. The lowest BCUT2D eigenvalue weighted by molar-refractivity contribution is -0.131. The molecule has 0 radical (unpaired) electrons. The van der Waals surface area contributed by atoms with Gasteiger partial charge in [-0.1, -0.05) is 12.1 Å². The Hall–Kier alpha value is -2.56. The molecule has 4 rings (SSSR count). The Balaban J connectivity index is 1.58. The van der Waals surface area contributed by atoms with E-state index in [9.17, 15) is 4.79 Å². The zero-order chi connectivity index (χ0) is 17.6. The number of imidazole rings is 1. The monoisotopic (exact) mass is 337 g/mol. The Morgan fingerprint density at radius 3 is 2.96 bits per heavy atom. The highest BCUT2D eigenvalue weighted by Crippen LogP contribution is 2.32. The Bertz CT molecular complexity index is 938. The summed E-state index contributed by atoms with van der Waals surface area (Å²) < 4.78 is 7.68. The number of aryl methyl sites for hydroxylation is 3. The van der Waals surface area contributed by atoms with E-state index in [0.717, 1.165) is 53.0 Å². The molecule has 0 aliphatic carbocycles. The number of fused-ring (bicyclic) bond motifs is 1. The van der Waals surface area contributed by atoms with E-state index in [0.29, 0.717) is 6.42 Å². The molecule has 1 aromatic carbocycles. The third-order valence-corrected chi connectivity index (χ3v) is 5.06. The van der Waals surface area contributed by atoms with Gasteiger partial charge in [0.05, 0.1) is 24.4 Å². The van der Waals surface area contributed by atoms with Crippen LogP contribution in [0.3, 0.4) is 0 Å². The summed E-state index contributed by atoms with van der Waals surface area (Å²) in [5, 5.41) is 1.03. The second-order valence-electron chi connectivity index (χ2n) is 7.03. The molecular formula is C20H23N3O2. The molecule has 0 bridgehead atoms. The van der Waals surface area contributed by atoms with E-state index in [1.165, 1.54) is 0 Å². The van der Waals surface area contributed by atoms with Crippen LogP contribution < -0.4 is 0 Å². The maximum absolute atomic E-state index is 13.0. The summed E-state index contributed by atoms with van der Waals surface area (Å²) in [6.07, 6.45) is 6.10. The molecule has 3 heterocycles. The zero-order valence-electron chi connectivity index (χ0n) is 15.0. The molecule has 1 fully saturated rings. The number of nitrogens with zero attached hydrogens (tertiary/aromatic N) is 3. The molecule has 1 amide bonds. The highest BCUT2D eigenvalue weighted by Gasteiger charge is 2.32. The van der Waals surface area contributed by atoms with Crippen LogP contribution in [0.5, 0.6) is 0 Å². The maximum atomic E-state index is 13.0. The van der Waals surface area contributed by atoms with Crippen LogP contribution in [-0.2, 0) is 18.3 Å². The summed E-state index contributed by atoms with van der Waals surface area (Å²) >= 11 is 0. The van der Waals surface area contributed by atoms with Crippen molar-refractivity contribution in [2.75, 3.05) is 6.54 Å². The van der Waals surface area contributed by atoms with Crippen LogP contribution in [0, 0.1) is 13.8 Å². The van der Waals surface area contributed by atoms with E-state index >= 15 is 0 Å². The molecule has 2 aromatic heterocycles. The van der Waals surface area contributed by atoms with Crippen LogP contribution >= 0.6 is 0 Å². The Kier molecular flexibility index (Phi) is 3.86. The van der Waals surface area contributed by atoms with Crippen molar-refractivity contribution in [2.24, 2.45) is 7.05 Å². The van der Waals surface area contributed by atoms with Crippen molar-refractivity contribution in [3.63, 3.8) is 0 Å². The molecule has 1 atom stereocenters. The maximum Gasteiger partial charge on any atom is 0.227 e. The van der Waals surface area contributed by atoms with Gasteiger partial charge in [-0.25, -0.2) is 4.98 Å². The van der Waals surface area contributed by atoms with E-state index in [2.05, 4.69) is 11.1 Å². The molecule has 1 aliphatic heterocycles. The first-order valence-corrected chi connectivity index (χ1v) is 8.79. The molecular weight excluding hydrogens is 314 g/mol. The van der Waals surface area contributed by atoms with E-state index in [1.807, 2.05) is 48.7 Å². The minimum atomic E-state index is 0.0756. The van der Waals surface area contributed by atoms with Crippen molar-refractivity contribution in [2.45, 2.75) is 39.2 Å². The Morgan fingerprint density at radius 2 is 2.20 bits per heavy atom. The molecule has 1 aliphatic rings. The van der Waals surface area contributed by atoms with Gasteiger partial charge in [-0.2, -0.15) is 0 Å². The largest absolute Gasteiger partial charge is 0.464 e. The van der Waals surface area contributed by atoms with Crippen LogP contribution in [0.25, 0.3) is 11.0 Å². The summed E-state index contributed by atoms with van der Waals surface area (Å²) in [7, 11) is 2.00. The number of hydrogen-bond acceptors (Lipinski definition) is 3. The van der Waals surface area contributed by atoms with Crippen molar-refractivity contribution in [1.82, 2.24) is 14.5 Å². The predicted molar refractivity (Wildman–Crippen MR) is 96.3 cm³/mol. The van der Waals surface area contributed by atoms with Crippen LogP contribution in [0.15, 0.2) is 35.1 Å². The smallest absolute Gasteiger partial charge is 0.227 e. The summed E-state index contributed by atoms with van der Waals surface area (Å²) in [5.41, 5.74) is 3.96. The van der Waals surface area contributed by atoms with Gasteiger partial charge in [0.1, 0.15) is 11.4 Å². The highest BCUT2D eigenvalue weighted by atomic mass is 16.3. The number of amides is 1. The van der Waals surface area contributed by atoms with Gasteiger partial charge in [0.2, 0.25) is 5.91 Å². The number of carbonyl (C=O) groups excluding carboxylic acids is 1. The Labute approximate surface area is 147 Å². The van der Waals surface area contributed by atoms with E-state index < -0.39 is 0 Å². The molecule has 5 heteroatoms. The number of carbonyl (C=O) groups is 1. The molecule has 0 saturated carbocycles. The Morgan fingerprint density at radius 1 is 1.36 bits per heavy atom. The summed E-state index contributed by atoms with van der Waals surface area (Å²) in [5.74, 6) is 1.13. The van der Waals surface area contributed by atoms with Gasteiger partial charge >= 0.3 is 0 Å². The quantitative estimate of drug-likeness (QED) is 0.732. The first kappa shape index (κ1) is 15.9. The summed E-state index contributed by atoms with van der Waals surface area (Å²) in [6, 6.07) is 6.19.